The molecular formula is C12H9BrFN3O2. The summed E-state index contributed by atoms with van der Waals surface area (Å²) >= 11 is 3.24. The van der Waals surface area contributed by atoms with Gasteiger partial charge in [-0.15, -0.1) is 0 Å². The lowest BCUT2D eigenvalue weighted by atomic mass is 10.1. The molecule has 0 radical (unpaired) electrons. The molecule has 1 aromatic carbocycles. The first-order valence-corrected chi connectivity index (χ1v) is 6.05. The average Bonchev–Trinajstić information content (AvgIpc) is 2.40. The number of carbonyl (C=O) groups is 1. The average molecular weight is 326 g/mol. The van der Waals surface area contributed by atoms with Crippen molar-refractivity contribution in [1.82, 2.24) is 9.97 Å². The van der Waals surface area contributed by atoms with Crippen LogP contribution in [0.3, 0.4) is 0 Å². The fraction of sp³-hybridized carbons (Fsp3) is 0.0833. The number of halogens is 2. The van der Waals surface area contributed by atoms with Gasteiger partial charge in [-0.3, -0.25) is 4.79 Å². The highest BCUT2D eigenvalue weighted by Crippen LogP contribution is 2.25. The molecule has 2 rings (SSSR count). The van der Waals surface area contributed by atoms with E-state index in [-0.39, 0.29) is 17.1 Å². The number of nitrogens with two attached hydrogens (primary N) is 1. The molecule has 0 saturated carbocycles. The van der Waals surface area contributed by atoms with Crippen molar-refractivity contribution in [3.8, 4) is 11.3 Å². The maximum Gasteiger partial charge on any atom is 0.328 e. The summed E-state index contributed by atoms with van der Waals surface area (Å²) in [5, 5.41) is 8.81. The second-order valence-corrected chi connectivity index (χ2v) is 4.66. The first-order chi connectivity index (χ1) is 8.99. The lowest BCUT2D eigenvalue weighted by molar-refractivity contribution is -0.138. The summed E-state index contributed by atoms with van der Waals surface area (Å²) in [5.41, 5.74) is 5.95. The smallest absolute Gasteiger partial charge is 0.328 e. The lowest BCUT2D eigenvalue weighted by Gasteiger charge is -2.08. The molecule has 2 aromatic rings. The standard InChI is InChI=1S/C12H9BrFN3O2/c13-6-1-2-8(14)7(5-6)9-3-4-16-11(17-9)10(15)12(18)19/h1-5,10H,15H2,(H,18,19). The Balaban J connectivity index is 2.49. The van der Waals surface area contributed by atoms with E-state index in [4.69, 9.17) is 10.8 Å². The third kappa shape index (κ3) is 2.94. The highest BCUT2D eigenvalue weighted by Gasteiger charge is 2.18. The number of carboxylic acids is 1. The zero-order chi connectivity index (χ0) is 14.0. The van der Waals surface area contributed by atoms with Crippen molar-refractivity contribution in [1.29, 1.82) is 0 Å². The Hall–Kier alpha value is -1.86. The highest BCUT2D eigenvalue weighted by atomic mass is 79.9. The molecule has 0 aliphatic rings. The molecule has 1 aromatic heterocycles. The quantitative estimate of drug-likeness (QED) is 0.902. The molecule has 98 valence electrons. The van der Waals surface area contributed by atoms with Crippen LogP contribution in [0.1, 0.15) is 11.9 Å². The molecule has 0 spiro atoms. The minimum atomic E-state index is -1.34. The summed E-state index contributed by atoms with van der Waals surface area (Å²) in [6.45, 7) is 0. The first kappa shape index (κ1) is 13.6. The molecule has 0 aliphatic carbocycles. The van der Waals surface area contributed by atoms with Crippen LogP contribution in [0.25, 0.3) is 11.3 Å². The van der Waals surface area contributed by atoms with Gasteiger partial charge in [0.05, 0.1) is 5.69 Å². The van der Waals surface area contributed by atoms with E-state index in [0.29, 0.717) is 4.47 Å². The second-order valence-electron chi connectivity index (χ2n) is 3.74. The van der Waals surface area contributed by atoms with Crippen LogP contribution >= 0.6 is 15.9 Å². The lowest BCUT2D eigenvalue weighted by Crippen LogP contribution is -2.23. The van der Waals surface area contributed by atoms with Gasteiger partial charge in [-0.05, 0) is 24.3 Å². The van der Waals surface area contributed by atoms with Crippen LogP contribution in [0.4, 0.5) is 4.39 Å². The molecule has 0 bridgehead atoms. The Morgan fingerprint density at radius 2 is 2.16 bits per heavy atom. The second kappa shape index (κ2) is 5.41. The predicted molar refractivity (Wildman–Crippen MR) is 69.7 cm³/mol. The summed E-state index contributed by atoms with van der Waals surface area (Å²) < 4.78 is 14.4. The van der Waals surface area contributed by atoms with E-state index < -0.39 is 17.8 Å². The molecule has 1 heterocycles. The summed E-state index contributed by atoms with van der Waals surface area (Å²) in [6.07, 6.45) is 1.35. The van der Waals surface area contributed by atoms with Crippen molar-refractivity contribution in [2.24, 2.45) is 5.73 Å². The van der Waals surface area contributed by atoms with E-state index in [2.05, 4.69) is 25.9 Å². The van der Waals surface area contributed by atoms with E-state index in [1.54, 1.807) is 12.1 Å². The van der Waals surface area contributed by atoms with Crippen molar-refractivity contribution in [3.05, 3.63) is 46.6 Å². The molecule has 0 aliphatic heterocycles. The van der Waals surface area contributed by atoms with E-state index in [1.807, 2.05) is 0 Å². The minimum Gasteiger partial charge on any atom is -0.480 e. The van der Waals surface area contributed by atoms with Gasteiger partial charge in [0.1, 0.15) is 5.82 Å². The molecule has 5 nitrogen and oxygen atoms in total. The third-order valence-electron chi connectivity index (χ3n) is 2.42. The van der Waals surface area contributed by atoms with Crippen LogP contribution < -0.4 is 5.73 Å². The molecule has 0 amide bonds. The zero-order valence-corrected chi connectivity index (χ0v) is 11.1. The molecule has 3 N–H and O–H groups in total. The van der Waals surface area contributed by atoms with Crippen LogP contribution in [0.15, 0.2) is 34.9 Å². The molecule has 19 heavy (non-hydrogen) atoms. The molecule has 1 unspecified atom stereocenters. The number of carboxylic acid groups (broad SMARTS) is 1. The number of aliphatic carboxylic acids is 1. The maximum absolute atomic E-state index is 13.7. The number of nitrogens with zero attached hydrogens (tertiary/aromatic N) is 2. The highest BCUT2D eigenvalue weighted by molar-refractivity contribution is 9.10. The third-order valence-corrected chi connectivity index (χ3v) is 2.92. The van der Waals surface area contributed by atoms with Crippen molar-refractivity contribution in [3.63, 3.8) is 0 Å². The zero-order valence-electron chi connectivity index (χ0n) is 9.55. The van der Waals surface area contributed by atoms with E-state index in [1.165, 1.54) is 18.3 Å². The van der Waals surface area contributed by atoms with E-state index in [0.717, 1.165) is 0 Å². The Morgan fingerprint density at radius 1 is 1.42 bits per heavy atom. The number of hydrogen-bond acceptors (Lipinski definition) is 4. The van der Waals surface area contributed by atoms with Crippen LogP contribution in [-0.2, 0) is 4.79 Å². The molecular weight excluding hydrogens is 317 g/mol. The summed E-state index contributed by atoms with van der Waals surface area (Å²) in [6, 6.07) is 4.55. The topological polar surface area (TPSA) is 89.1 Å². The van der Waals surface area contributed by atoms with E-state index in [9.17, 15) is 9.18 Å². The van der Waals surface area contributed by atoms with Gasteiger partial charge in [0.2, 0.25) is 0 Å². The van der Waals surface area contributed by atoms with Gasteiger partial charge in [0, 0.05) is 16.2 Å². The van der Waals surface area contributed by atoms with Gasteiger partial charge in [0.25, 0.3) is 0 Å². The van der Waals surface area contributed by atoms with Gasteiger partial charge < -0.3 is 10.8 Å². The summed E-state index contributed by atoms with van der Waals surface area (Å²) in [7, 11) is 0. The van der Waals surface area contributed by atoms with E-state index >= 15 is 0 Å². The van der Waals surface area contributed by atoms with Crippen LogP contribution in [0.5, 0.6) is 0 Å². The van der Waals surface area contributed by atoms with Gasteiger partial charge in [-0.2, -0.15) is 0 Å². The Bertz CT molecular complexity index is 636. The largest absolute Gasteiger partial charge is 0.480 e. The fourth-order valence-corrected chi connectivity index (χ4v) is 1.84. The predicted octanol–water partition coefficient (Wildman–Crippen LogP) is 2.13. The van der Waals surface area contributed by atoms with Crippen molar-refractivity contribution < 1.29 is 14.3 Å². The Morgan fingerprint density at radius 3 is 2.84 bits per heavy atom. The van der Waals surface area contributed by atoms with Gasteiger partial charge >= 0.3 is 5.97 Å². The molecule has 0 saturated heterocycles. The summed E-state index contributed by atoms with van der Waals surface area (Å²) in [4.78, 5) is 18.6. The number of aromatic nitrogens is 2. The number of rotatable bonds is 3. The summed E-state index contributed by atoms with van der Waals surface area (Å²) in [5.74, 6) is -1.77. The van der Waals surface area contributed by atoms with Gasteiger partial charge in [-0.25, -0.2) is 14.4 Å². The van der Waals surface area contributed by atoms with Gasteiger partial charge in [0.15, 0.2) is 11.9 Å². The monoisotopic (exact) mass is 325 g/mol. The Labute approximate surface area is 116 Å². The Kier molecular flexibility index (Phi) is 3.87. The van der Waals surface area contributed by atoms with Crippen LogP contribution in [0, 0.1) is 5.82 Å². The SMILES string of the molecule is NC(C(=O)O)c1nccc(-c2cc(Br)ccc2F)n1. The van der Waals surface area contributed by atoms with Gasteiger partial charge in [-0.1, -0.05) is 15.9 Å². The first-order valence-electron chi connectivity index (χ1n) is 5.26. The number of benzene rings is 1. The normalized spacial score (nSPS) is 12.2. The van der Waals surface area contributed by atoms with Crippen molar-refractivity contribution in [2.75, 3.05) is 0 Å². The minimum absolute atomic E-state index is 0.0654. The van der Waals surface area contributed by atoms with Crippen LogP contribution in [0.2, 0.25) is 0 Å². The van der Waals surface area contributed by atoms with Crippen molar-refractivity contribution >= 4 is 21.9 Å². The maximum atomic E-state index is 13.7. The van der Waals surface area contributed by atoms with Crippen molar-refractivity contribution in [2.45, 2.75) is 6.04 Å². The van der Waals surface area contributed by atoms with Crippen LogP contribution in [-0.4, -0.2) is 21.0 Å². The fourth-order valence-electron chi connectivity index (χ4n) is 1.48. The molecule has 1 atom stereocenters. The molecule has 0 fully saturated rings. The number of hydrogen-bond donors (Lipinski definition) is 2. The molecule has 7 heteroatoms.